The van der Waals surface area contributed by atoms with E-state index in [0.29, 0.717) is 17.9 Å². The minimum atomic E-state index is -0.393. The Labute approximate surface area is 112 Å². The number of aliphatic hydroxyl groups is 1. The Balaban J connectivity index is 3.15. The van der Waals surface area contributed by atoms with Gasteiger partial charge in [-0.2, -0.15) is 5.10 Å². The summed E-state index contributed by atoms with van der Waals surface area (Å²) < 4.78 is 1.51. The first kappa shape index (κ1) is 15.4. The summed E-state index contributed by atoms with van der Waals surface area (Å²) in [5, 5.41) is 27.6. The summed E-state index contributed by atoms with van der Waals surface area (Å²) in [5.41, 5.74) is 0.516. The summed E-state index contributed by atoms with van der Waals surface area (Å²) in [6.07, 6.45) is 1.33. The third-order valence-electron chi connectivity index (χ3n) is 3.09. The van der Waals surface area contributed by atoms with E-state index in [4.69, 9.17) is 5.11 Å². The minimum absolute atomic E-state index is 0.000822. The van der Waals surface area contributed by atoms with Crippen molar-refractivity contribution in [2.45, 2.75) is 45.6 Å². The van der Waals surface area contributed by atoms with Gasteiger partial charge in [0.25, 0.3) is 0 Å². The van der Waals surface area contributed by atoms with Gasteiger partial charge in [-0.1, -0.05) is 20.8 Å². The summed E-state index contributed by atoms with van der Waals surface area (Å²) in [6.45, 7) is 5.78. The third kappa shape index (κ3) is 3.44. The van der Waals surface area contributed by atoms with Crippen LogP contribution < -0.4 is 5.32 Å². The van der Waals surface area contributed by atoms with Crippen molar-refractivity contribution >= 4 is 11.5 Å². The molecule has 1 rings (SSSR count). The van der Waals surface area contributed by atoms with Crippen LogP contribution in [0.25, 0.3) is 0 Å². The Morgan fingerprint density at radius 2 is 2.16 bits per heavy atom. The van der Waals surface area contributed by atoms with Crippen molar-refractivity contribution in [2.75, 3.05) is 11.9 Å². The Bertz CT molecular complexity index is 442. The molecule has 0 amide bonds. The Kier molecular flexibility index (Phi) is 5.29. The van der Waals surface area contributed by atoms with Crippen molar-refractivity contribution in [3.63, 3.8) is 0 Å². The molecule has 0 bridgehead atoms. The standard InChI is InChI=1S/C12H22N4O3/c1-5-9(6-7-17)13-12-11(16(18)19)10(8(2)3)14-15(12)4/h8-9,13,17H,5-7H2,1-4H3. The molecule has 1 aromatic heterocycles. The van der Waals surface area contributed by atoms with Crippen LogP contribution in [0.1, 0.15) is 45.2 Å². The molecule has 1 aromatic rings. The molecule has 0 saturated heterocycles. The van der Waals surface area contributed by atoms with Gasteiger partial charge in [0.15, 0.2) is 0 Å². The second-order valence-corrected chi connectivity index (χ2v) is 4.88. The molecule has 0 aliphatic heterocycles. The van der Waals surface area contributed by atoms with E-state index >= 15 is 0 Å². The molecule has 7 heteroatoms. The first-order valence-electron chi connectivity index (χ1n) is 6.51. The lowest BCUT2D eigenvalue weighted by Gasteiger charge is -2.16. The number of aliphatic hydroxyl groups excluding tert-OH is 1. The number of aromatic nitrogens is 2. The molecule has 2 N–H and O–H groups in total. The van der Waals surface area contributed by atoms with E-state index in [1.165, 1.54) is 4.68 Å². The van der Waals surface area contributed by atoms with Crippen molar-refractivity contribution in [1.29, 1.82) is 0 Å². The molecule has 7 nitrogen and oxygen atoms in total. The average Bonchev–Trinajstić information content (AvgIpc) is 2.66. The molecule has 1 heterocycles. The van der Waals surface area contributed by atoms with E-state index < -0.39 is 4.92 Å². The molecule has 0 radical (unpaired) electrons. The van der Waals surface area contributed by atoms with E-state index in [0.717, 1.165) is 6.42 Å². The van der Waals surface area contributed by atoms with Gasteiger partial charge in [-0.3, -0.25) is 10.1 Å². The highest BCUT2D eigenvalue weighted by Crippen LogP contribution is 2.33. The minimum Gasteiger partial charge on any atom is -0.396 e. The number of nitro groups is 1. The van der Waals surface area contributed by atoms with Gasteiger partial charge in [0.1, 0.15) is 5.69 Å². The Hall–Kier alpha value is -1.63. The summed E-state index contributed by atoms with van der Waals surface area (Å²) in [5.74, 6) is 0.397. The first-order valence-corrected chi connectivity index (χ1v) is 6.51. The lowest BCUT2D eigenvalue weighted by atomic mass is 10.1. The Morgan fingerprint density at radius 1 is 1.53 bits per heavy atom. The molecule has 19 heavy (non-hydrogen) atoms. The molecule has 0 aliphatic rings. The summed E-state index contributed by atoms with van der Waals surface area (Å²) in [7, 11) is 1.69. The van der Waals surface area contributed by atoms with Crippen molar-refractivity contribution < 1.29 is 10.0 Å². The molecule has 0 aliphatic carbocycles. The lowest BCUT2D eigenvalue weighted by Crippen LogP contribution is -2.22. The van der Waals surface area contributed by atoms with Gasteiger partial charge in [-0.15, -0.1) is 0 Å². The van der Waals surface area contributed by atoms with Gasteiger partial charge in [0.2, 0.25) is 5.82 Å². The maximum absolute atomic E-state index is 11.3. The van der Waals surface area contributed by atoms with Gasteiger partial charge < -0.3 is 10.4 Å². The molecular formula is C12H22N4O3. The largest absolute Gasteiger partial charge is 0.396 e. The number of anilines is 1. The van der Waals surface area contributed by atoms with Crippen molar-refractivity contribution in [3.8, 4) is 0 Å². The second kappa shape index (κ2) is 6.51. The van der Waals surface area contributed by atoms with Gasteiger partial charge in [-0.25, -0.2) is 4.68 Å². The average molecular weight is 270 g/mol. The van der Waals surface area contributed by atoms with Crippen molar-refractivity contribution in [3.05, 3.63) is 15.8 Å². The van der Waals surface area contributed by atoms with Crippen LogP contribution in [0, 0.1) is 10.1 Å². The zero-order valence-corrected chi connectivity index (χ0v) is 11.9. The fourth-order valence-corrected chi connectivity index (χ4v) is 1.99. The number of nitrogens with one attached hydrogen (secondary N) is 1. The van der Waals surface area contributed by atoms with Gasteiger partial charge in [0, 0.05) is 25.6 Å². The van der Waals surface area contributed by atoms with Crippen LogP contribution in [0.2, 0.25) is 0 Å². The lowest BCUT2D eigenvalue weighted by molar-refractivity contribution is -0.384. The first-order chi connectivity index (χ1) is 8.92. The highest BCUT2D eigenvalue weighted by Gasteiger charge is 2.29. The molecule has 1 atom stereocenters. The van der Waals surface area contributed by atoms with Crippen LogP contribution in [0.5, 0.6) is 0 Å². The predicted molar refractivity (Wildman–Crippen MR) is 73.4 cm³/mol. The summed E-state index contributed by atoms with van der Waals surface area (Å²) in [4.78, 5) is 10.9. The summed E-state index contributed by atoms with van der Waals surface area (Å²) >= 11 is 0. The van der Waals surface area contributed by atoms with Crippen molar-refractivity contribution in [2.24, 2.45) is 7.05 Å². The topological polar surface area (TPSA) is 93.2 Å². The quantitative estimate of drug-likeness (QED) is 0.584. The molecule has 0 saturated carbocycles. The smallest absolute Gasteiger partial charge is 0.334 e. The van der Waals surface area contributed by atoms with Crippen LogP contribution in [-0.4, -0.2) is 32.5 Å². The molecule has 108 valence electrons. The molecular weight excluding hydrogens is 248 g/mol. The Morgan fingerprint density at radius 3 is 2.58 bits per heavy atom. The maximum Gasteiger partial charge on any atom is 0.334 e. The van der Waals surface area contributed by atoms with Crippen LogP contribution in [0.15, 0.2) is 0 Å². The maximum atomic E-state index is 11.3. The van der Waals surface area contributed by atoms with E-state index in [-0.39, 0.29) is 24.3 Å². The molecule has 0 fully saturated rings. The number of nitrogens with zero attached hydrogens (tertiary/aromatic N) is 3. The SMILES string of the molecule is CCC(CCO)Nc1c([N+](=O)[O-])c(C(C)C)nn1C. The summed E-state index contributed by atoms with van der Waals surface area (Å²) in [6, 6.07) is -0.000822. The monoisotopic (exact) mass is 270 g/mol. The number of aryl methyl sites for hydroxylation is 1. The van der Waals surface area contributed by atoms with Crippen LogP contribution in [0.3, 0.4) is 0 Å². The molecule has 0 aromatic carbocycles. The van der Waals surface area contributed by atoms with E-state index in [2.05, 4.69) is 10.4 Å². The second-order valence-electron chi connectivity index (χ2n) is 4.88. The van der Waals surface area contributed by atoms with Gasteiger partial charge in [0.05, 0.1) is 4.92 Å². The van der Waals surface area contributed by atoms with E-state index in [1.54, 1.807) is 7.05 Å². The third-order valence-corrected chi connectivity index (χ3v) is 3.09. The molecule has 0 spiro atoms. The van der Waals surface area contributed by atoms with Crippen LogP contribution >= 0.6 is 0 Å². The van der Waals surface area contributed by atoms with Crippen LogP contribution in [0.4, 0.5) is 11.5 Å². The fraction of sp³-hybridized carbons (Fsp3) is 0.750. The number of hydrogen-bond donors (Lipinski definition) is 2. The van der Waals surface area contributed by atoms with Crippen molar-refractivity contribution in [1.82, 2.24) is 9.78 Å². The van der Waals surface area contributed by atoms with Crippen LogP contribution in [-0.2, 0) is 7.05 Å². The predicted octanol–water partition coefficient (Wildman–Crippen LogP) is 2.02. The van der Waals surface area contributed by atoms with Gasteiger partial charge >= 0.3 is 5.69 Å². The fourth-order valence-electron chi connectivity index (χ4n) is 1.99. The number of rotatable bonds is 7. The molecule has 1 unspecified atom stereocenters. The highest BCUT2D eigenvalue weighted by molar-refractivity contribution is 5.61. The number of hydrogen-bond acceptors (Lipinski definition) is 5. The zero-order chi connectivity index (χ0) is 14.6. The highest BCUT2D eigenvalue weighted by atomic mass is 16.6. The normalized spacial score (nSPS) is 12.7. The van der Waals surface area contributed by atoms with E-state index in [9.17, 15) is 10.1 Å². The van der Waals surface area contributed by atoms with E-state index in [1.807, 2.05) is 20.8 Å². The van der Waals surface area contributed by atoms with Gasteiger partial charge in [-0.05, 0) is 12.8 Å². The zero-order valence-electron chi connectivity index (χ0n) is 11.9.